The summed E-state index contributed by atoms with van der Waals surface area (Å²) in [5, 5.41) is 7.04. The molecule has 17 heavy (non-hydrogen) atoms. The molecule has 1 N–H and O–H groups in total. The van der Waals surface area contributed by atoms with Gasteiger partial charge in [-0.05, 0) is 38.8 Å². The third-order valence-corrected chi connectivity index (χ3v) is 4.81. The second-order valence-corrected chi connectivity index (χ2v) is 6.14. The highest BCUT2D eigenvalue weighted by Gasteiger charge is 2.31. The standard InChI is InChI=1S/C13H21N3S/c1-2-8-16(10-13-15-7-9-17-13)12(5-1)11-4-3-6-14-11/h7,9,11-12,14H,1-6,8,10H2. The van der Waals surface area contributed by atoms with Crippen LogP contribution in [-0.4, -0.2) is 35.1 Å². The fourth-order valence-corrected chi connectivity index (χ4v) is 3.85. The quantitative estimate of drug-likeness (QED) is 0.893. The first kappa shape index (κ1) is 11.6. The highest BCUT2D eigenvalue weighted by molar-refractivity contribution is 7.09. The summed E-state index contributed by atoms with van der Waals surface area (Å²) in [5.41, 5.74) is 0. The molecule has 2 aliphatic heterocycles. The van der Waals surface area contributed by atoms with Crippen LogP contribution in [0.15, 0.2) is 11.6 Å². The van der Waals surface area contributed by atoms with Gasteiger partial charge in [-0.3, -0.25) is 4.90 Å². The van der Waals surface area contributed by atoms with Crippen LogP contribution in [0.3, 0.4) is 0 Å². The van der Waals surface area contributed by atoms with Crippen molar-refractivity contribution in [2.45, 2.75) is 50.7 Å². The SMILES string of the molecule is c1csc(CN2CCCCC2C2CCCN2)n1. The van der Waals surface area contributed by atoms with E-state index < -0.39 is 0 Å². The lowest BCUT2D eigenvalue weighted by Gasteiger charge is -2.38. The molecule has 2 atom stereocenters. The summed E-state index contributed by atoms with van der Waals surface area (Å²) in [4.78, 5) is 7.09. The molecule has 94 valence electrons. The maximum absolute atomic E-state index is 4.43. The summed E-state index contributed by atoms with van der Waals surface area (Å²) in [6.07, 6.45) is 8.76. The Morgan fingerprint density at radius 2 is 2.35 bits per heavy atom. The molecule has 0 aliphatic carbocycles. The minimum absolute atomic E-state index is 0.732. The number of aromatic nitrogens is 1. The number of hydrogen-bond acceptors (Lipinski definition) is 4. The topological polar surface area (TPSA) is 28.2 Å². The first-order chi connectivity index (χ1) is 8.43. The van der Waals surface area contributed by atoms with Crippen LogP contribution in [0.4, 0.5) is 0 Å². The van der Waals surface area contributed by atoms with Crippen molar-refractivity contribution in [1.29, 1.82) is 0 Å². The molecule has 3 nitrogen and oxygen atoms in total. The van der Waals surface area contributed by atoms with Crippen LogP contribution in [0.1, 0.15) is 37.1 Å². The van der Waals surface area contributed by atoms with E-state index in [9.17, 15) is 0 Å². The average Bonchev–Trinajstić information content (AvgIpc) is 3.01. The molecule has 1 aromatic heterocycles. The lowest BCUT2D eigenvalue weighted by molar-refractivity contribution is 0.112. The Balaban J connectivity index is 1.66. The van der Waals surface area contributed by atoms with Crippen molar-refractivity contribution in [3.8, 4) is 0 Å². The molecule has 0 aromatic carbocycles. The lowest BCUT2D eigenvalue weighted by atomic mass is 9.94. The van der Waals surface area contributed by atoms with Gasteiger partial charge in [-0.2, -0.15) is 0 Å². The Hall–Kier alpha value is -0.450. The van der Waals surface area contributed by atoms with Crippen molar-refractivity contribution in [1.82, 2.24) is 15.2 Å². The van der Waals surface area contributed by atoms with Gasteiger partial charge < -0.3 is 5.32 Å². The van der Waals surface area contributed by atoms with Gasteiger partial charge in [0.05, 0.1) is 6.54 Å². The highest BCUT2D eigenvalue weighted by atomic mass is 32.1. The fraction of sp³-hybridized carbons (Fsp3) is 0.769. The zero-order valence-electron chi connectivity index (χ0n) is 10.3. The third-order valence-electron chi connectivity index (χ3n) is 4.05. The Labute approximate surface area is 107 Å². The van der Waals surface area contributed by atoms with Gasteiger partial charge in [0.15, 0.2) is 0 Å². The Kier molecular flexibility index (Phi) is 3.74. The summed E-state index contributed by atoms with van der Waals surface area (Å²) in [6.45, 7) is 3.52. The van der Waals surface area contributed by atoms with Gasteiger partial charge in [0.2, 0.25) is 0 Å². The number of nitrogens with zero attached hydrogens (tertiary/aromatic N) is 2. The molecule has 0 spiro atoms. The van der Waals surface area contributed by atoms with E-state index in [1.54, 1.807) is 11.3 Å². The van der Waals surface area contributed by atoms with Gasteiger partial charge in [0, 0.05) is 23.7 Å². The minimum Gasteiger partial charge on any atom is -0.312 e. The summed E-state index contributed by atoms with van der Waals surface area (Å²) in [5.74, 6) is 0. The van der Waals surface area contributed by atoms with Crippen molar-refractivity contribution in [3.05, 3.63) is 16.6 Å². The van der Waals surface area contributed by atoms with Crippen molar-refractivity contribution in [2.75, 3.05) is 13.1 Å². The fourth-order valence-electron chi connectivity index (χ4n) is 3.21. The van der Waals surface area contributed by atoms with E-state index in [0.717, 1.165) is 18.6 Å². The molecule has 1 aromatic rings. The summed E-state index contributed by atoms with van der Waals surface area (Å²) < 4.78 is 0. The van der Waals surface area contributed by atoms with E-state index in [4.69, 9.17) is 0 Å². The van der Waals surface area contributed by atoms with Crippen LogP contribution >= 0.6 is 11.3 Å². The molecule has 2 saturated heterocycles. The van der Waals surface area contributed by atoms with E-state index >= 15 is 0 Å². The monoisotopic (exact) mass is 251 g/mol. The summed E-state index contributed by atoms with van der Waals surface area (Å²) in [7, 11) is 0. The van der Waals surface area contributed by atoms with Gasteiger partial charge in [0.25, 0.3) is 0 Å². The van der Waals surface area contributed by atoms with Crippen LogP contribution in [0.2, 0.25) is 0 Å². The Morgan fingerprint density at radius 1 is 1.35 bits per heavy atom. The highest BCUT2D eigenvalue weighted by Crippen LogP contribution is 2.26. The van der Waals surface area contributed by atoms with E-state index in [1.807, 2.05) is 6.20 Å². The normalized spacial score (nSPS) is 30.8. The first-order valence-electron chi connectivity index (χ1n) is 6.79. The van der Waals surface area contributed by atoms with Gasteiger partial charge in [-0.1, -0.05) is 6.42 Å². The lowest BCUT2D eigenvalue weighted by Crippen LogP contribution is -2.49. The number of nitrogens with one attached hydrogen (secondary N) is 1. The second-order valence-electron chi connectivity index (χ2n) is 5.16. The number of likely N-dealkylation sites (tertiary alicyclic amines) is 1. The first-order valence-corrected chi connectivity index (χ1v) is 7.67. The zero-order valence-corrected chi connectivity index (χ0v) is 11.1. The molecular formula is C13H21N3S. The molecule has 2 unspecified atom stereocenters. The molecule has 0 radical (unpaired) electrons. The van der Waals surface area contributed by atoms with Crippen molar-refractivity contribution >= 4 is 11.3 Å². The van der Waals surface area contributed by atoms with E-state index in [2.05, 4.69) is 20.6 Å². The van der Waals surface area contributed by atoms with Gasteiger partial charge in [-0.25, -0.2) is 4.98 Å². The number of rotatable bonds is 3. The predicted molar refractivity (Wildman–Crippen MR) is 71.2 cm³/mol. The molecule has 3 heterocycles. The molecular weight excluding hydrogens is 230 g/mol. The molecule has 4 heteroatoms. The predicted octanol–water partition coefficient (Wildman–Crippen LogP) is 2.25. The van der Waals surface area contributed by atoms with Crippen LogP contribution in [0.5, 0.6) is 0 Å². The number of hydrogen-bond donors (Lipinski definition) is 1. The van der Waals surface area contributed by atoms with Crippen LogP contribution in [0.25, 0.3) is 0 Å². The van der Waals surface area contributed by atoms with Crippen LogP contribution in [-0.2, 0) is 6.54 Å². The second kappa shape index (κ2) is 5.46. The van der Waals surface area contributed by atoms with Gasteiger partial charge in [-0.15, -0.1) is 11.3 Å². The molecule has 2 fully saturated rings. The van der Waals surface area contributed by atoms with Crippen LogP contribution < -0.4 is 5.32 Å². The summed E-state index contributed by atoms with van der Waals surface area (Å²) >= 11 is 1.79. The third kappa shape index (κ3) is 2.69. The molecule has 3 rings (SSSR count). The van der Waals surface area contributed by atoms with Crippen molar-refractivity contribution in [2.24, 2.45) is 0 Å². The van der Waals surface area contributed by atoms with Gasteiger partial charge >= 0.3 is 0 Å². The van der Waals surface area contributed by atoms with E-state index in [0.29, 0.717) is 0 Å². The maximum Gasteiger partial charge on any atom is 0.107 e. The Morgan fingerprint density at radius 3 is 3.12 bits per heavy atom. The van der Waals surface area contributed by atoms with E-state index in [-0.39, 0.29) is 0 Å². The molecule has 0 saturated carbocycles. The molecule has 2 aliphatic rings. The smallest absolute Gasteiger partial charge is 0.107 e. The summed E-state index contributed by atoms with van der Waals surface area (Å²) in [6, 6.07) is 1.48. The zero-order chi connectivity index (χ0) is 11.5. The molecule has 0 bridgehead atoms. The van der Waals surface area contributed by atoms with Crippen LogP contribution in [0, 0.1) is 0 Å². The largest absolute Gasteiger partial charge is 0.312 e. The maximum atomic E-state index is 4.43. The van der Waals surface area contributed by atoms with Crippen molar-refractivity contribution in [3.63, 3.8) is 0 Å². The Bertz CT molecular complexity index is 332. The minimum atomic E-state index is 0.732. The van der Waals surface area contributed by atoms with Crippen molar-refractivity contribution < 1.29 is 0 Å². The number of piperidine rings is 1. The number of thiazole rings is 1. The average molecular weight is 251 g/mol. The van der Waals surface area contributed by atoms with Gasteiger partial charge in [0.1, 0.15) is 5.01 Å². The van der Waals surface area contributed by atoms with E-state index in [1.165, 1.54) is 50.2 Å². The molecule has 0 amide bonds.